The Kier molecular flexibility index (Phi) is 1.66. The molecule has 2 rings (SSSR count). The van der Waals surface area contributed by atoms with Gasteiger partial charge >= 0.3 is 0 Å². The maximum absolute atomic E-state index is 10.7. The molecule has 0 radical (unpaired) electrons. The fraction of sp³-hybridized carbons (Fsp3) is 0.143. The standard InChI is InChI=1S/C7H7N5O/c1-5(13)10-6-2-3-12-7(11-6)8-4-9-12/h2-4H,1H3,(H,8,9,10,11,13). The third-order valence-electron chi connectivity index (χ3n) is 1.45. The number of carbonyl (C=O) groups excluding carboxylic acids is 1. The normalized spacial score (nSPS) is 10.2. The van der Waals surface area contributed by atoms with Gasteiger partial charge < -0.3 is 5.32 Å². The molecule has 0 saturated heterocycles. The van der Waals surface area contributed by atoms with E-state index in [1.807, 2.05) is 0 Å². The van der Waals surface area contributed by atoms with E-state index in [2.05, 4.69) is 20.4 Å². The number of hydrogen-bond acceptors (Lipinski definition) is 4. The number of amides is 1. The molecule has 0 unspecified atom stereocenters. The lowest BCUT2D eigenvalue weighted by molar-refractivity contribution is -0.114. The molecule has 0 aromatic carbocycles. The predicted molar refractivity (Wildman–Crippen MR) is 45.1 cm³/mol. The van der Waals surface area contributed by atoms with Crippen LogP contribution in [0.25, 0.3) is 5.78 Å². The van der Waals surface area contributed by atoms with Gasteiger partial charge in [-0.3, -0.25) is 4.79 Å². The fourth-order valence-electron chi connectivity index (χ4n) is 0.965. The summed E-state index contributed by atoms with van der Waals surface area (Å²) in [6.07, 6.45) is 3.08. The van der Waals surface area contributed by atoms with Gasteiger partial charge in [-0.2, -0.15) is 15.1 Å². The molecule has 1 amide bonds. The van der Waals surface area contributed by atoms with Crippen LogP contribution in [-0.4, -0.2) is 25.5 Å². The average molecular weight is 177 g/mol. The Hall–Kier alpha value is -1.98. The zero-order valence-electron chi connectivity index (χ0n) is 6.93. The number of rotatable bonds is 1. The minimum Gasteiger partial charge on any atom is -0.311 e. The highest BCUT2D eigenvalue weighted by molar-refractivity contribution is 5.87. The summed E-state index contributed by atoms with van der Waals surface area (Å²) < 4.78 is 1.52. The number of nitrogens with one attached hydrogen (secondary N) is 1. The summed E-state index contributed by atoms with van der Waals surface area (Å²) >= 11 is 0. The lowest BCUT2D eigenvalue weighted by atomic mass is 10.5. The molecule has 0 aliphatic carbocycles. The molecule has 0 spiro atoms. The molecular formula is C7H7N5O. The topological polar surface area (TPSA) is 72.2 Å². The second kappa shape index (κ2) is 2.81. The third kappa shape index (κ3) is 1.46. The molecule has 6 heteroatoms. The first-order valence-corrected chi connectivity index (χ1v) is 3.70. The summed E-state index contributed by atoms with van der Waals surface area (Å²) in [5.74, 6) is 0.788. The van der Waals surface area contributed by atoms with Crippen LogP contribution >= 0.6 is 0 Å². The number of anilines is 1. The lowest BCUT2D eigenvalue weighted by Crippen LogP contribution is -2.08. The molecule has 0 fully saturated rings. The minimum absolute atomic E-state index is 0.156. The van der Waals surface area contributed by atoms with E-state index in [0.717, 1.165) is 0 Å². The number of hydrogen-bond donors (Lipinski definition) is 1. The van der Waals surface area contributed by atoms with Crippen LogP contribution in [0.4, 0.5) is 5.82 Å². The molecule has 2 heterocycles. The molecule has 2 aromatic rings. The molecular weight excluding hydrogens is 170 g/mol. The van der Waals surface area contributed by atoms with Crippen molar-refractivity contribution in [1.29, 1.82) is 0 Å². The number of carbonyl (C=O) groups is 1. The molecule has 6 nitrogen and oxygen atoms in total. The first-order chi connectivity index (χ1) is 6.25. The number of nitrogens with zero attached hydrogens (tertiary/aromatic N) is 4. The number of aromatic nitrogens is 4. The van der Waals surface area contributed by atoms with Gasteiger partial charge in [-0.1, -0.05) is 0 Å². The van der Waals surface area contributed by atoms with Crippen LogP contribution in [0, 0.1) is 0 Å². The Morgan fingerprint density at radius 2 is 2.46 bits per heavy atom. The summed E-state index contributed by atoms with van der Waals surface area (Å²) in [5, 5.41) is 6.42. The SMILES string of the molecule is CC(=O)Nc1ccn2ncnc2n1. The van der Waals surface area contributed by atoms with E-state index in [9.17, 15) is 4.79 Å². The molecule has 0 saturated carbocycles. The molecule has 13 heavy (non-hydrogen) atoms. The van der Waals surface area contributed by atoms with Crippen LogP contribution in [0.3, 0.4) is 0 Å². The van der Waals surface area contributed by atoms with E-state index in [1.54, 1.807) is 12.3 Å². The van der Waals surface area contributed by atoms with E-state index in [1.165, 1.54) is 17.8 Å². The van der Waals surface area contributed by atoms with E-state index >= 15 is 0 Å². The van der Waals surface area contributed by atoms with Gasteiger partial charge in [0.2, 0.25) is 5.91 Å². The van der Waals surface area contributed by atoms with E-state index in [4.69, 9.17) is 0 Å². The van der Waals surface area contributed by atoms with Crippen LogP contribution in [-0.2, 0) is 4.79 Å². The summed E-state index contributed by atoms with van der Waals surface area (Å²) in [4.78, 5) is 18.6. The van der Waals surface area contributed by atoms with Gasteiger partial charge in [-0.05, 0) is 6.07 Å². The van der Waals surface area contributed by atoms with Gasteiger partial charge in [0, 0.05) is 13.1 Å². The van der Waals surface area contributed by atoms with Crippen molar-refractivity contribution >= 4 is 17.5 Å². The van der Waals surface area contributed by atoms with Crippen molar-refractivity contribution < 1.29 is 4.79 Å². The van der Waals surface area contributed by atoms with Gasteiger partial charge in [-0.15, -0.1) is 0 Å². The van der Waals surface area contributed by atoms with Crippen molar-refractivity contribution in [3.8, 4) is 0 Å². The molecule has 0 aliphatic rings. The van der Waals surface area contributed by atoms with Crippen molar-refractivity contribution in [3.05, 3.63) is 18.6 Å². The van der Waals surface area contributed by atoms with Crippen molar-refractivity contribution in [3.63, 3.8) is 0 Å². The van der Waals surface area contributed by atoms with Crippen LogP contribution in [0.5, 0.6) is 0 Å². The third-order valence-corrected chi connectivity index (χ3v) is 1.45. The Balaban J connectivity index is 2.42. The smallest absolute Gasteiger partial charge is 0.254 e. The van der Waals surface area contributed by atoms with E-state index in [-0.39, 0.29) is 5.91 Å². The first-order valence-electron chi connectivity index (χ1n) is 3.70. The summed E-state index contributed by atoms with van der Waals surface area (Å²) in [6, 6.07) is 1.66. The molecule has 66 valence electrons. The summed E-state index contributed by atoms with van der Waals surface area (Å²) in [6.45, 7) is 1.43. The van der Waals surface area contributed by atoms with Gasteiger partial charge in [-0.25, -0.2) is 4.52 Å². The fourth-order valence-corrected chi connectivity index (χ4v) is 0.965. The van der Waals surface area contributed by atoms with Crippen LogP contribution in [0.1, 0.15) is 6.92 Å². The van der Waals surface area contributed by atoms with E-state index < -0.39 is 0 Å². The largest absolute Gasteiger partial charge is 0.311 e. The average Bonchev–Trinajstić information content (AvgIpc) is 2.49. The minimum atomic E-state index is -0.156. The second-order valence-electron chi connectivity index (χ2n) is 2.50. The molecule has 0 bridgehead atoms. The molecule has 2 aromatic heterocycles. The van der Waals surface area contributed by atoms with Gasteiger partial charge in [0.05, 0.1) is 0 Å². The molecule has 0 aliphatic heterocycles. The highest BCUT2D eigenvalue weighted by Gasteiger charge is 1.99. The molecule has 1 N–H and O–H groups in total. The maximum atomic E-state index is 10.7. The Morgan fingerprint density at radius 1 is 1.62 bits per heavy atom. The second-order valence-corrected chi connectivity index (χ2v) is 2.50. The van der Waals surface area contributed by atoms with Crippen LogP contribution < -0.4 is 5.32 Å². The quantitative estimate of drug-likeness (QED) is 0.669. The summed E-state index contributed by atoms with van der Waals surface area (Å²) in [7, 11) is 0. The van der Waals surface area contributed by atoms with Crippen molar-refractivity contribution in [2.24, 2.45) is 0 Å². The van der Waals surface area contributed by atoms with Crippen molar-refractivity contribution in [1.82, 2.24) is 19.6 Å². The predicted octanol–water partition coefficient (Wildman–Crippen LogP) is 0.0827. The summed E-state index contributed by atoms with van der Waals surface area (Å²) in [5.41, 5.74) is 0. The zero-order chi connectivity index (χ0) is 9.26. The monoisotopic (exact) mass is 177 g/mol. The van der Waals surface area contributed by atoms with Gasteiger partial charge in [0.25, 0.3) is 5.78 Å². The van der Waals surface area contributed by atoms with Crippen LogP contribution in [0.15, 0.2) is 18.6 Å². The first kappa shape index (κ1) is 7.66. The van der Waals surface area contributed by atoms with Gasteiger partial charge in [0.1, 0.15) is 12.1 Å². The Bertz CT molecular complexity index is 449. The highest BCUT2D eigenvalue weighted by atomic mass is 16.1. The maximum Gasteiger partial charge on any atom is 0.254 e. The Morgan fingerprint density at radius 3 is 3.23 bits per heavy atom. The van der Waals surface area contributed by atoms with Gasteiger partial charge in [0.15, 0.2) is 0 Å². The van der Waals surface area contributed by atoms with Crippen molar-refractivity contribution in [2.45, 2.75) is 6.92 Å². The van der Waals surface area contributed by atoms with Crippen molar-refractivity contribution in [2.75, 3.05) is 5.32 Å². The number of fused-ring (bicyclic) bond motifs is 1. The Labute approximate surface area is 73.6 Å². The zero-order valence-corrected chi connectivity index (χ0v) is 6.93. The highest BCUT2D eigenvalue weighted by Crippen LogP contribution is 2.02. The van der Waals surface area contributed by atoms with Crippen LogP contribution in [0.2, 0.25) is 0 Å². The lowest BCUT2D eigenvalue weighted by Gasteiger charge is -1.99. The van der Waals surface area contributed by atoms with E-state index in [0.29, 0.717) is 11.6 Å². The molecule has 0 atom stereocenters.